The number of nitrogens with two attached hydrogens (primary N) is 1. The van der Waals surface area contributed by atoms with Gasteiger partial charge < -0.3 is 10.6 Å². The van der Waals surface area contributed by atoms with Gasteiger partial charge in [-0.1, -0.05) is 35.9 Å². The van der Waals surface area contributed by atoms with Crippen LogP contribution in [0.5, 0.6) is 0 Å². The third kappa shape index (κ3) is 3.75. The Morgan fingerprint density at radius 1 is 1.10 bits per heavy atom. The lowest BCUT2D eigenvalue weighted by molar-refractivity contribution is 0.694. The summed E-state index contributed by atoms with van der Waals surface area (Å²) in [4.78, 5) is 2.10. The van der Waals surface area contributed by atoms with Gasteiger partial charge in [0.2, 0.25) is 0 Å². The molecule has 106 valence electrons. The predicted octanol–water partition coefficient (Wildman–Crippen LogP) is 3.69. The van der Waals surface area contributed by atoms with Crippen LogP contribution in [0.15, 0.2) is 48.5 Å². The van der Waals surface area contributed by atoms with E-state index in [4.69, 9.17) is 17.3 Å². The second kappa shape index (κ2) is 6.78. The number of benzene rings is 2. The van der Waals surface area contributed by atoms with Gasteiger partial charge in [-0.05, 0) is 48.4 Å². The van der Waals surface area contributed by atoms with Crippen molar-refractivity contribution in [3.05, 3.63) is 64.7 Å². The Morgan fingerprint density at radius 2 is 1.80 bits per heavy atom. The number of halogens is 1. The first-order valence-electron chi connectivity index (χ1n) is 6.82. The van der Waals surface area contributed by atoms with Crippen molar-refractivity contribution in [1.82, 2.24) is 0 Å². The molecule has 0 amide bonds. The van der Waals surface area contributed by atoms with Crippen molar-refractivity contribution in [3.63, 3.8) is 0 Å². The van der Waals surface area contributed by atoms with Crippen molar-refractivity contribution >= 4 is 17.3 Å². The van der Waals surface area contributed by atoms with Crippen molar-refractivity contribution in [3.8, 4) is 0 Å². The molecule has 0 aliphatic carbocycles. The van der Waals surface area contributed by atoms with Gasteiger partial charge >= 0.3 is 0 Å². The normalized spacial score (nSPS) is 12.2. The predicted molar refractivity (Wildman–Crippen MR) is 87.7 cm³/mol. The molecule has 2 aromatic carbocycles. The van der Waals surface area contributed by atoms with Crippen molar-refractivity contribution in [2.24, 2.45) is 5.73 Å². The van der Waals surface area contributed by atoms with Gasteiger partial charge in [0.05, 0.1) is 0 Å². The summed E-state index contributed by atoms with van der Waals surface area (Å²) in [5, 5.41) is 0.768. The van der Waals surface area contributed by atoms with Gasteiger partial charge in [-0.25, -0.2) is 0 Å². The number of hydrogen-bond acceptors (Lipinski definition) is 2. The van der Waals surface area contributed by atoms with Gasteiger partial charge in [-0.2, -0.15) is 0 Å². The molecule has 0 aliphatic rings. The van der Waals surface area contributed by atoms with Crippen LogP contribution in [0.2, 0.25) is 5.02 Å². The van der Waals surface area contributed by atoms with Gasteiger partial charge in [-0.3, -0.25) is 0 Å². The molecule has 0 saturated heterocycles. The quantitative estimate of drug-likeness (QED) is 0.909. The van der Waals surface area contributed by atoms with E-state index in [1.54, 1.807) is 0 Å². The first-order valence-corrected chi connectivity index (χ1v) is 7.19. The van der Waals surface area contributed by atoms with E-state index in [0.717, 1.165) is 11.4 Å². The molecule has 0 fully saturated rings. The minimum absolute atomic E-state index is 0.305. The Hall–Kier alpha value is -1.51. The average Bonchev–Trinajstić information content (AvgIpc) is 2.45. The fraction of sp³-hybridized carbons (Fsp3) is 0.294. The second-order valence-electron chi connectivity index (χ2n) is 5.25. The Bertz CT molecular complexity index is 549. The highest BCUT2D eigenvalue weighted by Crippen LogP contribution is 2.23. The van der Waals surface area contributed by atoms with E-state index >= 15 is 0 Å². The lowest BCUT2D eigenvalue weighted by atomic mass is 9.92. The third-order valence-electron chi connectivity index (χ3n) is 3.54. The molecule has 0 aromatic heterocycles. The Labute approximate surface area is 126 Å². The Morgan fingerprint density at radius 3 is 2.35 bits per heavy atom. The molecule has 0 heterocycles. The zero-order chi connectivity index (χ0) is 14.5. The Balaban J connectivity index is 2.14. The standard InChI is InChI=1S/C17H21ClN2/c1-20(2)17-8-6-13(7-9-17)10-15(12-19)14-4-3-5-16(18)11-14/h3-9,11,15H,10,12,19H2,1-2H3. The first-order chi connectivity index (χ1) is 9.60. The summed E-state index contributed by atoms with van der Waals surface area (Å²) in [6.45, 7) is 0.621. The molecule has 2 aromatic rings. The molecular formula is C17H21ClN2. The van der Waals surface area contributed by atoms with Gasteiger partial charge in [0.1, 0.15) is 0 Å². The lowest BCUT2D eigenvalue weighted by Crippen LogP contribution is -2.15. The van der Waals surface area contributed by atoms with E-state index in [1.165, 1.54) is 16.8 Å². The summed E-state index contributed by atoms with van der Waals surface area (Å²) in [5.74, 6) is 0.305. The van der Waals surface area contributed by atoms with Crippen molar-refractivity contribution < 1.29 is 0 Å². The maximum Gasteiger partial charge on any atom is 0.0408 e. The first kappa shape index (κ1) is 14.9. The van der Waals surface area contributed by atoms with Crippen LogP contribution < -0.4 is 10.6 Å². The lowest BCUT2D eigenvalue weighted by Gasteiger charge is -2.17. The van der Waals surface area contributed by atoms with Crippen LogP contribution in [-0.2, 0) is 6.42 Å². The average molecular weight is 289 g/mol. The molecule has 0 radical (unpaired) electrons. The SMILES string of the molecule is CN(C)c1ccc(CC(CN)c2cccc(Cl)c2)cc1. The molecule has 1 atom stereocenters. The minimum atomic E-state index is 0.305. The van der Waals surface area contributed by atoms with Crippen molar-refractivity contribution in [2.45, 2.75) is 12.3 Å². The molecule has 2 N–H and O–H groups in total. The summed E-state index contributed by atoms with van der Waals surface area (Å²) in [5.41, 5.74) is 9.64. The Kier molecular flexibility index (Phi) is 5.05. The molecule has 3 heteroatoms. The van der Waals surface area contributed by atoms with Gasteiger partial charge in [0.15, 0.2) is 0 Å². The zero-order valence-electron chi connectivity index (χ0n) is 12.0. The molecule has 1 unspecified atom stereocenters. The van der Waals surface area contributed by atoms with Crippen molar-refractivity contribution in [2.75, 3.05) is 25.5 Å². The van der Waals surface area contributed by atoms with E-state index in [-0.39, 0.29) is 0 Å². The summed E-state index contributed by atoms with van der Waals surface area (Å²) < 4.78 is 0. The number of rotatable bonds is 5. The van der Waals surface area contributed by atoms with Gasteiger partial charge in [-0.15, -0.1) is 0 Å². The number of nitrogens with zero attached hydrogens (tertiary/aromatic N) is 1. The van der Waals surface area contributed by atoms with Gasteiger partial charge in [0.25, 0.3) is 0 Å². The molecule has 2 rings (SSSR count). The van der Waals surface area contributed by atoms with E-state index in [0.29, 0.717) is 12.5 Å². The third-order valence-corrected chi connectivity index (χ3v) is 3.77. The molecule has 0 spiro atoms. The fourth-order valence-corrected chi connectivity index (χ4v) is 2.51. The second-order valence-corrected chi connectivity index (χ2v) is 5.69. The zero-order valence-corrected chi connectivity index (χ0v) is 12.8. The molecule has 0 saturated carbocycles. The van der Waals surface area contributed by atoms with Crippen LogP contribution >= 0.6 is 11.6 Å². The molecule has 0 aliphatic heterocycles. The highest BCUT2D eigenvalue weighted by molar-refractivity contribution is 6.30. The maximum atomic E-state index is 6.06. The summed E-state index contributed by atoms with van der Waals surface area (Å²) >= 11 is 6.06. The van der Waals surface area contributed by atoms with Crippen LogP contribution in [0, 0.1) is 0 Å². The van der Waals surface area contributed by atoms with Crippen LogP contribution in [0.3, 0.4) is 0 Å². The van der Waals surface area contributed by atoms with E-state index in [1.807, 2.05) is 32.3 Å². The molecule has 0 bridgehead atoms. The summed E-state index contributed by atoms with van der Waals surface area (Å²) in [6.07, 6.45) is 0.935. The van der Waals surface area contributed by atoms with E-state index in [2.05, 4.69) is 35.2 Å². The highest BCUT2D eigenvalue weighted by atomic mass is 35.5. The maximum absolute atomic E-state index is 6.06. The van der Waals surface area contributed by atoms with Crippen LogP contribution in [0.1, 0.15) is 17.0 Å². The topological polar surface area (TPSA) is 29.3 Å². The number of anilines is 1. The minimum Gasteiger partial charge on any atom is -0.378 e. The summed E-state index contributed by atoms with van der Waals surface area (Å²) in [7, 11) is 4.09. The van der Waals surface area contributed by atoms with Crippen LogP contribution in [0.25, 0.3) is 0 Å². The monoisotopic (exact) mass is 288 g/mol. The fourth-order valence-electron chi connectivity index (χ4n) is 2.31. The smallest absolute Gasteiger partial charge is 0.0408 e. The molecule has 20 heavy (non-hydrogen) atoms. The van der Waals surface area contributed by atoms with Crippen LogP contribution in [-0.4, -0.2) is 20.6 Å². The van der Waals surface area contributed by atoms with Crippen LogP contribution in [0.4, 0.5) is 5.69 Å². The summed E-state index contributed by atoms with van der Waals surface area (Å²) in [6, 6.07) is 16.6. The number of hydrogen-bond donors (Lipinski definition) is 1. The molecular weight excluding hydrogens is 268 g/mol. The highest BCUT2D eigenvalue weighted by Gasteiger charge is 2.11. The van der Waals surface area contributed by atoms with Gasteiger partial charge in [0, 0.05) is 30.7 Å². The van der Waals surface area contributed by atoms with E-state index in [9.17, 15) is 0 Å². The van der Waals surface area contributed by atoms with Crippen molar-refractivity contribution in [1.29, 1.82) is 0 Å². The molecule has 2 nitrogen and oxygen atoms in total. The van der Waals surface area contributed by atoms with E-state index < -0.39 is 0 Å². The largest absolute Gasteiger partial charge is 0.378 e.